The van der Waals surface area contributed by atoms with E-state index in [4.69, 9.17) is 0 Å². The largest absolute Gasteiger partial charge is 0.477 e. The molecule has 1 N–H and O–H groups in total. The van der Waals surface area contributed by atoms with E-state index in [-0.39, 0.29) is 16.9 Å². The van der Waals surface area contributed by atoms with Crippen LogP contribution in [0.4, 0.5) is 0 Å². The van der Waals surface area contributed by atoms with Crippen LogP contribution in [0, 0.1) is 5.92 Å². The maximum atomic E-state index is 12.4. The Bertz CT molecular complexity index is 769. The second kappa shape index (κ2) is 5.02. The highest BCUT2D eigenvalue weighted by atomic mass is 16.4. The zero-order valence-electron chi connectivity index (χ0n) is 12.3. The molecule has 1 heterocycles. The SMILES string of the molecule is CC(C)c1cccc2c(=O)c(C(=O)O)cn(CC3CC3)c12. The Balaban J connectivity index is 2.35. The van der Waals surface area contributed by atoms with E-state index in [0.717, 1.165) is 17.6 Å². The first kappa shape index (κ1) is 13.9. The third-order valence-electron chi connectivity index (χ3n) is 4.13. The van der Waals surface area contributed by atoms with Crippen molar-refractivity contribution < 1.29 is 9.90 Å². The first-order valence-electron chi connectivity index (χ1n) is 7.38. The van der Waals surface area contributed by atoms with Gasteiger partial charge in [0, 0.05) is 18.1 Å². The summed E-state index contributed by atoms with van der Waals surface area (Å²) in [6, 6.07) is 5.60. The lowest BCUT2D eigenvalue weighted by atomic mass is 9.98. The van der Waals surface area contributed by atoms with Crippen molar-refractivity contribution in [1.29, 1.82) is 0 Å². The topological polar surface area (TPSA) is 59.3 Å². The Morgan fingerprint density at radius 1 is 1.38 bits per heavy atom. The Morgan fingerprint density at radius 2 is 2.10 bits per heavy atom. The second-order valence-electron chi connectivity index (χ2n) is 6.17. The number of hydrogen-bond acceptors (Lipinski definition) is 2. The van der Waals surface area contributed by atoms with Crippen molar-refractivity contribution in [3.8, 4) is 0 Å². The Kier molecular flexibility index (Phi) is 3.32. The van der Waals surface area contributed by atoms with E-state index in [1.165, 1.54) is 19.0 Å². The van der Waals surface area contributed by atoms with Crippen molar-refractivity contribution in [1.82, 2.24) is 4.57 Å². The molecule has 1 saturated carbocycles. The molecule has 1 aliphatic carbocycles. The molecule has 0 saturated heterocycles. The van der Waals surface area contributed by atoms with Crippen molar-refractivity contribution in [2.24, 2.45) is 5.92 Å². The third-order valence-corrected chi connectivity index (χ3v) is 4.13. The van der Waals surface area contributed by atoms with Gasteiger partial charge >= 0.3 is 5.97 Å². The summed E-state index contributed by atoms with van der Waals surface area (Å²) in [6.45, 7) is 4.97. The molecule has 0 bridgehead atoms. The normalized spacial score (nSPS) is 14.8. The van der Waals surface area contributed by atoms with E-state index in [0.29, 0.717) is 11.3 Å². The van der Waals surface area contributed by atoms with Gasteiger partial charge in [-0.2, -0.15) is 0 Å². The fraction of sp³-hybridized carbons (Fsp3) is 0.412. The molecule has 0 amide bonds. The second-order valence-corrected chi connectivity index (χ2v) is 6.17. The maximum absolute atomic E-state index is 12.4. The molecule has 1 aromatic heterocycles. The molecular formula is C17H19NO3. The summed E-state index contributed by atoms with van der Waals surface area (Å²) in [5, 5.41) is 9.78. The van der Waals surface area contributed by atoms with Crippen LogP contribution in [-0.4, -0.2) is 15.6 Å². The molecule has 3 rings (SSSR count). The molecule has 0 unspecified atom stereocenters. The highest BCUT2D eigenvalue weighted by Gasteiger charge is 2.24. The van der Waals surface area contributed by atoms with E-state index >= 15 is 0 Å². The summed E-state index contributed by atoms with van der Waals surface area (Å²) in [5.74, 6) is -0.256. The van der Waals surface area contributed by atoms with Crippen LogP contribution in [0.5, 0.6) is 0 Å². The molecule has 0 aliphatic heterocycles. The quantitative estimate of drug-likeness (QED) is 0.938. The van der Waals surface area contributed by atoms with Crippen LogP contribution in [0.1, 0.15) is 48.5 Å². The van der Waals surface area contributed by atoms with Gasteiger partial charge in [0.1, 0.15) is 5.56 Å². The molecule has 4 heteroatoms. The molecule has 0 spiro atoms. The van der Waals surface area contributed by atoms with Crippen LogP contribution in [0.3, 0.4) is 0 Å². The number of nitrogens with zero attached hydrogens (tertiary/aromatic N) is 1. The molecule has 1 fully saturated rings. The molecule has 2 aromatic rings. The zero-order valence-corrected chi connectivity index (χ0v) is 12.3. The number of carbonyl (C=O) groups is 1. The van der Waals surface area contributed by atoms with Gasteiger partial charge in [-0.05, 0) is 36.3 Å². The highest BCUT2D eigenvalue weighted by molar-refractivity contribution is 5.93. The van der Waals surface area contributed by atoms with Crippen molar-refractivity contribution in [3.05, 3.63) is 45.7 Å². The lowest BCUT2D eigenvalue weighted by Crippen LogP contribution is -2.20. The lowest BCUT2D eigenvalue weighted by Gasteiger charge is -2.17. The van der Waals surface area contributed by atoms with Gasteiger partial charge < -0.3 is 9.67 Å². The van der Waals surface area contributed by atoms with Gasteiger partial charge in [0.15, 0.2) is 0 Å². The van der Waals surface area contributed by atoms with Gasteiger partial charge in [-0.25, -0.2) is 4.79 Å². The summed E-state index contributed by atoms with van der Waals surface area (Å²) in [5.41, 5.74) is 1.48. The van der Waals surface area contributed by atoms with Crippen LogP contribution < -0.4 is 5.43 Å². The number of benzene rings is 1. The fourth-order valence-corrected chi connectivity index (χ4v) is 2.83. The first-order valence-corrected chi connectivity index (χ1v) is 7.38. The monoisotopic (exact) mass is 285 g/mol. The number of carboxylic acids is 1. The van der Waals surface area contributed by atoms with Gasteiger partial charge in [-0.15, -0.1) is 0 Å². The first-order chi connectivity index (χ1) is 9.99. The van der Waals surface area contributed by atoms with E-state index < -0.39 is 5.97 Å². The Labute approximate surface area is 123 Å². The number of rotatable bonds is 4. The Hall–Kier alpha value is -2.10. The number of fused-ring (bicyclic) bond motifs is 1. The number of hydrogen-bond donors (Lipinski definition) is 1. The van der Waals surface area contributed by atoms with Gasteiger partial charge in [-0.3, -0.25) is 4.79 Å². The maximum Gasteiger partial charge on any atom is 0.341 e. The predicted molar refractivity (Wildman–Crippen MR) is 82.0 cm³/mol. The highest BCUT2D eigenvalue weighted by Crippen LogP contribution is 2.33. The Morgan fingerprint density at radius 3 is 2.67 bits per heavy atom. The molecule has 1 aliphatic rings. The third kappa shape index (κ3) is 2.46. The molecule has 110 valence electrons. The van der Waals surface area contributed by atoms with Crippen molar-refractivity contribution in [3.63, 3.8) is 0 Å². The molecule has 1 aromatic carbocycles. The molecule has 4 nitrogen and oxygen atoms in total. The average Bonchev–Trinajstić information content (AvgIpc) is 3.24. The minimum Gasteiger partial charge on any atom is -0.477 e. The van der Waals surface area contributed by atoms with E-state index in [2.05, 4.69) is 13.8 Å². The standard InChI is InChI=1S/C17H19NO3/c1-10(2)12-4-3-5-13-15(12)18(8-11-6-7-11)9-14(16(13)19)17(20)21/h3-5,9-11H,6-8H2,1-2H3,(H,20,21). The van der Waals surface area contributed by atoms with Gasteiger partial charge in [-0.1, -0.05) is 26.0 Å². The number of aromatic carboxylic acids is 1. The summed E-state index contributed by atoms with van der Waals surface area (Å²) < 4.78 is 1.98. The van der Waals surface area contributed by atoms with E-state index in [9.17, 15) is 14.7 Å². The van der Waals surface area contributed by atoms with Crippen LogP contribution in [0.25, 0.3) is 10.9 Å². The smallest absolute Gasteiger partial charge is 0.341 e. The minimum atomic E-state index is -1.15. The molecule has 0 atom stereocenters. The van der Waals surface area contributed by atoms with Crippen LogP contribution in [0.15, 0.2) is 29.2 Å². The molecule has 21 heavy (non-hydrogen) atoms. The van der Waals surface area contributed by atoms with Crippen molar-refractivity contribution in [2.75, 3.05) is 0 Å². The van der Waals surface area contributed by atoms with Gasteiger partial charge in [0.05, 0.1) is 5.52 Å². The van der Waals surface area contributed by atoms with Crippen LogP contribution >= 0.6 is 0 Å². The molecule has 0 radical (unpaired) electrons. The summed E-state index contributed by atoms with van der Waals surface area (Å²) in [6.07, 6.45) is 3.89. The van der Waals surface area contributed by atoms with Gasteiger partial charge in [0.2, 0.25) is 5.43 Å². The van der Waals surface area contributed by atoms with Crippen LogP contribution in [-0.2, 0) is 6.54 Å². The summed E-state index contributed by atoms with van der Waals surface area (Å²) in [4.78, 5) is 23.7. The fourth-order valence-electron chi connectivity index (χ4n) is 2.83. The average molecular weight is 285 g/mol. The van der Waals surface area contributed by atoms with Crippen molar-refractivity contribution in [2.45, 2.75) is 39.2 Å². The number of para-hydroxylation sites is 1. The van der Waals surface area contributed by atoms with Crippen LogP contribution in [0.2, 0.25) is 0 Å². The van der Waals surface area contributed by atoms with Crippen molar-refractivity contribution >= 4 is 16.9 Å². The molecular weight excluding hydrogens is 266 g/mol. The summed E-state index contributed by atoms with van der Waals surface area (Å²) in [7, 11) is 0. The minimum absolute atomic E-state index is 0.135. The predicted octanol–water partition coefficient (Wildman–Crippen LogP) is 3.23. The summed E-state index contributed by atoms with van der Waals surface area (Å²) >= 11 is 0. The zero-order chi connectivity index (χ0) is 15.1. The van der Waals surface area contributed by atoms with E-state index in [1.54, 1.807) is 6.07 Å². The van der Waals surface area contributed by atoms with E-state index in [1.807, 2.05) is 16.7 Å². The lowest BCUT2D eigenvalue weighted by molar-refractivity contribution is 0.0694. The van der Waals surface area contributed by atoms with Gasteiger partial charge in [0.25, 0.3) is 0 Å². The number of carboxylic acid groups (broad SMARTS) is 1. The number of aromatic nitrogens is 1. The number of pyridine rings is 1.